The van der Waals surface area contributed by atoms with Gasteiger partial charge in [-0.2, -0.15) is 0 Å². The third kappa shape index (κ3) is 5.43. The highest BCUT2D eigenvalue weighted by molar-refractivity contribution is 7.99. The number of aliphatic hydroxyl groups excluding tert-OH is 1. The first-order valence-electron chi connectivity index (χ1n) is 6.34. The zero-order valence-corrected chi connectivity index (χ0v) is 12.9. The minimum Gasteiger partial charge on any atom is -0.395 e. The largest absolute Gasteiger partial charge is 0.395 e. The fourth-order valence-corrected chi connectivity index (χ4v) is 2.91. The predicted molar refractivity (Wildman–Crippen MR) is 80.7 cm³/mol. The molecule has 106 valence electrons. The van der Waals surface area contributed by atoms with Crippen molar-refractivity contribution in [3.8, 4) is 0 Å². The van der Waals surface area contributed by atoms with Crippen LogP contribution in [0, 0.1) is 0 Å². The van der Waals surface area contributed by atoms with E-state index in [-0.39, 0.29) is 18.6 Å². The second kappa shape index (κ2) is 8.46. The molecule has 1 rings (SSSR count). The molecule has 0 spiro atoms. The van der Waals surface area contributed by atoms with E-state index < -0.39 is 0 Å². The smallest absolute Gasteiger partial charge is 0.223 e. The molecular formula is C14H20ClNO2S. The Labute approximate surface area is 123 Å². The number of hydrogen-bond donors (Lipinski definition) is 1. The summed E-state index contributed by atoms with van der Waals surface area (Å²) in [6.45, 7) is 4.30. The fraction of sp³-hybridized carbons (Fsp3) is 0.500. The first-order valence-corrected chi connectivity index (χ1v) is 7.70. The van der Waals surface area contributed by atoms with Gasteiger partial charge in [-0.1, -0.05) is 23.7 Å². The summed E-state index contributed by atoms with van der Waals surface area (Å²) in [7, 11) is 0. The summed E-state index contributed by atoms with van der Waals surface area (Å²) in [6, 6.07) is 7.73. The lowest BCUT2D eigenvalue weighted by atomic mass is 10.3. The van der Waals surface area contributed by atoms with Gasteiger partial charge in [-0.25, -0.2) is 0 Å². The average Bonchev–Trinajstić information content (AvgIpc) is 2.37. The Bertz CT molecular complexity index is 412. The SMILES string of the molecule is CC(C)N(CCO)C(=O)CCSc1ccccc1Cl. The van der Waals surface area contributed by atoms with Crippen LogP contribution in [0.25, 0.3) is 0 Å². The lowest BCUT2D eigenvalue weighted by Crippen LogP contribution is -2.39. The standard InChI is InChI=1S/C14H20ClNO2S/c1-11(2)16(8-9-17)14(18)7-10-19-13-6-4-3-5-12(13)15/h3-6,11,17H,7-10H2,1-2H3. The number of amides is 1. The van der Waals surface area contributed by atoms with Crippen LogP contribution >= 0.6 is 23.4 Å². The number of benzene rings is 1. The monoisotopic (exact) mass is 301 g/mol. The van der Waals surface area contributed by atoms with E-state index in [0.29, 0.717) is 18.7 Å². The first-order chi connectivity index (χ1) is 9.06. The molecule has 1 aromatic carbocycles. The Morgan fingerprint density at radius 3 is 2.68 bits per heavy atom. The molecule has 0 unspecified atom stereocenters. The van der Waals surface area contributed by atoms with E-state index >= 15 is 0 Å². The van der Waals surface area contributed by atoms with Gasteiger partial charge in [0, 0.05) is 29.7 Å². The molecule has 0 fully saturated rings. The van der Waals surface area contributed by atoms with Gasteiger partial charge in [-0.05, 0) is 26.0 Å². The van der Waals surface area contributed by atoms with Gasteiger partial charge in [-0.15, -0.1) is 11.8 Å². The predicted octanol–water partition coefficient (Wildman–Crippen LogP) is 3.05. The van der Waals surface area contributed by atoms with Crippen molar-refractivity contribution in [1.82, 2.24) is 4.90 Å². The van der Waals surface area contributed by atoms with Crippen LogP contribution in [-0.2, 0) is 4.79 Å². The zero-order valence-electron chi connectivity index (χ0n) is 11.3. The van der Waals surface area contributed by atoms with Crippen LogP contribution in [0.4, 0.5) is 0 Å². The van der Waals surface area contributed by atoms with Crippen molar-refractivity contribution in [2.75, 3.05) is 18.9 Å². The van der Waals surface area contributed by atoms with Crippen molar-refractivity contribution in [1.29, 1.82) is 0 Å². The molecule has 1 amide bonds. The van der Waals surface area contributed by atoms with Crippen LogP contribution in [0.2, 0.25) is 5.02 Å². The zero-order chi connectivity index (χ0) is 14.3. The normalized spacial score (nSPS) is 10.8. The van der Waals surface area contributed by atoms with E-state index in [1.54, 1.807) is 16.7 Å². The molecule has 1 aromatic rings. The van der Waals surface area contributed by atoms with Crippen molar-refractivity contribution < 1.29 is 9.90 Å². The molecule has 0 saturated carbocycles. The lowest BCUT2D eigenvalue weighted by molar-refractivity contribution is -0.132. The third-order valence-corrected chi connectivity index (χ3v) is 4.21. The maximum atomic E-state index is 12.0. The second-order valence-corrected chi connectivity index (χ2v) is 5.98. The molecule has 0 bridgehead atoms. The Kier molecular flexibility index (Phi) is 7.28. The molecule has 0 aliphatic heterocycles. The van der Waals surface area contributed by atoms with Gasteiger partial charge in [0.1, 0.15) is 0 Å². The van der Waals surface area contributed by atoms with Gasteiger partial charge in [0.15, 0.2) is 0 Å². The van der Waals surface area contributed by atoms with E-state index in [0.717, 1.165) is 9.92 Å². The van der Waals surface area contributed by atoms with E-state index in [9.17, 15) is 4.79 Å². The number of rotatable bonds is 7. The number of hydrogen-bond acceptors (Lipinski definition) is 3. The van der Waals surface area contributed by atoms with Crippen molar-refractivity contribution in [3.63, 3.8) is 0 Å². The van der Waals surface area contributed by atoms with E-state index in [2.05, 4.69) is 0 Å². The van der Waals surface area contributed by atoms with Crippen molar-refractivity contribution in [3.05, 3.63) is 29.3 Å². The highest BCUT2D eigenvalue weighted by Gasteiger charge is 2.15. The number of halogens is 1. The number of nitrogens with zero attached hydrogens (tertiary/aromatic N) is 1. The lowest BCUT2D eigenvalue weighted by Gasteiger charge is -2.25. The summed E-state index contributed by atoms with van der Waals surface area (Å²) < 4.78 is 0. The Hall–Kier alpha value is -0.710. The molecular weight excluding hydrogens is 282 g/mol. The van der Waals surface area contributed by atoms with Crippen LogP contribution in [0.3, 0.4) is 0 Å². The molecule has 0 aliphatic carbocycles. The van der Waals surface area contributed by atoms with E-state index in [1.165, 1.54) is 0 Å². The highest BCUT2D eigenvalue weighted by atomic mass is 35.5. The van der Waals surface area contributed by atoms with Crippen LogP contribution in [-0.4, -0.2) is 40.9 Å². The molecule has 0 aliphatic rings. The van der Waals surface area contributed by atoms with Gasteiger partial charge in [0.25, 0.3) is 0 Å². The van der Waals surface area contributed by atoms with Gasteiger partial charge >= 0.3 is 0 Å². The van der Waals surface area contributed by atoms with Gasteiger partial charge < -0.3 is 10.0 Å². The first kappa shape index (κ1) is 16.3. The van der Waals surface area contributed by atoms with Crippen molar-refractivity contribution in [2.45, 2.75) is 31.2 Å². The molecule has 0 heterocycles. The molecule has 3 nitrogen and oxygen atoms in total. The average molecular weight is 302 g/mol. The number of thioether (sulfide) groups is 1. The van der Waals surface area contributed by atoms with Crippen molar-refractivity contribution in [2.24, 2.45) is 0 Å². The van der Waals surface area contributed by atoms with Gasteiger partial charge in [0.2, 0.25) is 5.91 Å². The Morgan fingerprint density at radius 1 is 1.42 bits per heavy atom. The van der Waals surface area contributed by atoms with E-state index in [1.807, 2.05) is 38.1 Å². The molecule has 0 radical (unpaired) electrons. The highest BCUT2D eigenvalue weighted by Crippen LogP contribution is 2.27. The van der Waals surface area contributed by atoms with Crippen LogP contribution in [0.15, 0.2) is 29.2 Å². The maximum Gasteiger partial charge on any atom is 0.223 e. The molecule has 0 aromatic heterocycles. The van der Waals surface area contributed by atoms with Crippen LogP contribution < -0.4 is 0 Å². The van der Waals surface area contributed by atoms with Gasteiger partial charge in [-0.3, -0.25) is 4.79 Å². The minimum absolute atomic E-state index is 0.00156. The summed E-state index contributed by atoms with van der Waals surface area (Å²) >= 11 is 7.63. The quantitative estimate of drug-likeness (QED) is 0.787. The molecule has 0 saturated heterocycles. The maximum absolute atomic E-state index is 12.0. The van der Waals surface area contributed by atoms with E-state index in [4.69, 9.17) is 16.7 Å². The number of carbonyl (C=O) groups excluding carboxylic acids is 1. The van der Waals surface area contributed by atoms with Crippen LogP contribution in [0.5, 0.6) is 0 Å². The van der Waals surface area contributed by atoms with Crippen LogP contribution in [0.1, 0.15) is 20.3 Å². The van der Waals surface area contributed by atoms with Crippen molar-refractivity contribution >= 4 is 29.3 Å². The number of carbonyl (C=O) groups is 1. The second-order valence-electron chi connectivity index (χ2n) is 4.43. The fourth-order valence-electron chi connectivity index (χ4n) is 1.73. The minimum atomic E-state index is 0.00156. The summed E-state index contributed by atoms with van der Waals surface area (Å²) in [5, 5.41) is 9.68. The third-order valence-electron chi connectivity index (χ3n) is 2.69. The summed E-state index contributed by atoms with van der Waals surface area (Å²) in [5.41, 5.74) is 0. The molecule has 1 N–H and O–H groups in total. The summed E-state index contributed by atoms with van der Waals surface area (Å²) in [4.78, 5) is 14.7. The molecule has 19 heavy (non-hydrogen) atoms. The van der Waals surface area contributed by atoms with Gasteiger partial charge in [0.05, 0.1) is 11.6 Å². The Morgan fingerprint density at radius 2 is 2.11 bits per heavy atom. The molecule has 5 heteroatoms. The summed E-state index contributed by atoms with van der Waals surface area (Å²) in [5.74, 6) is 0.764. The Balaban J connectivity index is 2.44. The summed E-state index contributed by atoms with van der Waals surface area (Å²) in [6.07, 6.45) is 0.452. The topological polar surface area (TPSA) is 40.5 Å². The molecule has 0 atom stereocenters. The number of aliphatic hydroxyl groups is 1.